The molecule has 1 amide bonds. The predicted molar refractivity (Wildman–Crippen MR) is 102 cm³/mol. The molecule has 1 aliphatic heterocycles. The van der Waals surface area contributed by atoms with Gasteiger partial charge in [0, 0.05) is 12.2 Å². The fourth-order valence-electron chi connectivity index (χ4n) is 3.41. The van der Waals surface area contributed by atoms with Gasteiger partial charge in [0.1, 0.15) is 0 Å². The fraction of sp³-hybridized carbons (Fsp3) is 0.381. The minimum Gasteiger partial charge on any atom is -0.360 e. The van der Waals surface area contributed by atoms with Gasteiger partial charge in [0.2, 0.25) is 0 Å². The van der Waals surface area contributed by atoms with Gasteiger partial charge in [0.15, 0.2) is 6.54 Å². The summed E-state index contributed by atoms with van der Waals surface area (Å²) in [5.41, 5.74) is 3.88. The number of quaternary nitrogens is 1. The zero-order chi connectivity index (χ0) is 17.5. The molecule has 3 rings (SSSR count). The molecule has 1 heterocycles. The molecule has 0 saturated carbocycles. The topological polar surface area (TPSA) is 36.8 Å². The normalized spacial score (nSPS) is 15.2. The molecular weight excluding hydrogens is 310 g/mol. The summed E-state index contributed by atoms with van der Waals surface area (Å²) >= 11 is 0. The highest BCUT2D eigenvalue weighted by Crippen LogP contribution is 2.12. The van der Waals surface area contributed by atoms with E-state index in [1.807, 2.05) is 6.07 Å². The number of anilines is 1. The summed E-state index contributed by atoms with van der Waals surface area (Å²) in [6.45, 7) is 7.46. The highest BCUT2D eigenvalue weighted by Gasteiger charge is 2.22. The molecule has 1 fully saturated rings. The molecule has 2 aromatic carbocycles. The Kier molecular flexibility index (Phi) is 6.07. The molecule has 1 aliphatic rings. The Labute approximate surface area is 150 Å². The summed E-state index contributed by atoms with van der Waals surface area (Å²) in [6, 6.07) is 18.9. The molecule has 2 N–H and O–H groups in total. The molecule has 0 aromatic heterocycles. The second kappa shape index (κ2) is 8.67. The molecule has 4 heteroatoms. The van der Waals surface area contributed by atoms with Gasteiger partial charge in [-0.1, -0.05) is 42.5 Å². The number of nitrogens with one attached hydrogen (secondary N) is 2. The Bertz CT molecular complexity index is 679. The van der Waals surface area contributed by atoms with E-state index < -0.39 is 0 Å². The number of nitrogens with zero attached hydrogens (tertiary/aromatic N) is 1. The van der Waals surface area contributed by atoms with Crippen LogP contribution >= 0.6 is 0 Å². The lowest BCUT2D eigenvalue weighted by atomic mass is 10.1. The number of hydrogen-bond acceptors (Lipinski definition) is 2. The molecule has 2 aromatic rings. The number of carbonyl (C=O) groups is 1. The number of para-hydroxylation sites is 1. The Morgan fingerprint density at radius 1 is 1.04 bits per heavy atom. The molecule has 0 spiro atoms. The lowest BCUT2D eigenvalue weighted by Gasteiger charge is -2.33. The van der Waals surface area contributed by atoms with Crippen molar-refractivity contribution in [2.75, 3.05) is 44.2 Å². The summed E-state index contributed by atoms with van der Waals surface area (Å²) in [7, 11) is 0. The lowest BCUT2D eigenvalue weighted by molar-refractivity contribution is -0.892. The summed E-state index contributed by atoms with van der Waals surface area (Å²) in [6.07, 6.45) is 0.898. The highest BCUT2D eigenvalue weighted by molar-refractivity contribution is 5.76. The molecule has 1 saturated heterocycles. The second-order valence-electron chi connectivity index (χ2n) is 6.78. The van der Waals surface area contributed by atoms with Crippen molar-refractivity contribution in [1.29, 1.82) is 0 Å². The van der Waals surface area contributed by atoms with Gasteiger partial charge in [-0.2, -0.15) is 0 Å². The van der Waals surface area contributed by atoms with Crippen LogP contribution in [0, 0.1) is 6.92 Å². The minimum absolute atomic E-state index is 0.164. The van der Waals surface area contributed by atoms with Gasteiger partial charge in [0.05, 0.1) is 26.2 Å². The smallest absolute Gasteiger partial charge is 0.275 e. The van der Waals surface area contributed by atoms with Crippen LogP contribution in [0.1, 0.15) is 11.1 Å². The van der Waals surface area contributed by atoms with Crippen molar-refractivity contribution < 1.29 is 9.69 Å². The first kappa shape index (κ1) is 17.5. The van der Waals surface area contributed by atoms with Crippen LogP contribution in [0.3, 0.4) is 0 Å². The largest absolute Gasteiger partial charge is 0.360 e. The third kappa shape index (κ3) is 5.07. The average Bonchev–Trinajstić information content (AvgIpc) is 2.65. The fourth-order valence-corrected chi connectivity index (χ4v) is 3.41. The van der Waals surface area contributed by atoms with Crippen molar-refractivity contribution in [2.45, 2.75) is 13.3 Å². The number of rotatable bonds is 6. The predicted octanol–water partition coefficient (Wildman–Crippen LogP) is 1.06. The zero-order valence-corrected chi connectivity index (χ0v) is 15.0. The lowest BCUT2D eigenvalue weighted by Crippen LogP contribution is -3.16. The van der Waals surface area contributed by atoms with E-state index in [-0.39, 0.29) is 5.91 Å². The number of piperazine rings is 1. The monoisotopic (exact) mass is 338 g/mol. The molecule has 0 unspecified atom stereocenters. The van der Waals surface area contributed by atoms with Gasteiger partial charge in [0.25, 0.3) is 5.91 Å². The molecule has 0 aliphatic carbocycles. The van der Waals surface area contributed by atoms with Crippen molar-refractivity contribution in [3.63, 3.8) is 0 Å². The number of hydrogen-bond donors (Lipinski definition) is 2. The summed E-state index contributed by atoms with van der Waals surface area (Å²) in [4.78, 5) is 16.0. The Morgan fingerprint density at radius 3 is 2.44 bits per heavy atom. The van der Waals surface area contributed by atoms with Crippen molar-refractivity contribution in [3.05, 3.63) is 65.7 Å². The second-order valence-corrected chi connectivity index (χ2v) is 6.78. The molecule has 0 atom stereocenters. The first-order chi connectivity index (χ1) is 12.2. The summed E-state index contributed by atoms with van der Waals surface area (Å²) in [5.74, 6) is 0.164. The van der Waals surface area contributed by atoms with Crippen LogP contribution in [0.5, 0.6) is 0 Å². The van der Waals surface area contributed by atoms with Gasteiger partial charge < -0.3 is 15.1 Å². The van der Waals surface area contributed by atoms with Crippen molar-refractivity contribution in [1.82, 2.24) is 5.32 Å². The van der Waals surface area contributed by atoms with Crippen LogP contribution in [-0.4, -0.2) is 45.2 Å². The number of aryl methyl sites for hydroxylation is 1. The minimum atomic E-state index is 0.164. The van der Waals surface area contributed by atoms with E-state index in [2.05, 4.69) is 65.7 Å². The first-order valence-corrected chi connectivity index (χ1v) is 9.17. The van der Waals surface area contributed by atoms with Gasteiger partial charge in [-0.25, -0.2) is 0 Å². The highest BCUT2D eigenvalue weighted by atomic mass is 16.2. The van der Waals surface area contributed by atoms with Gasteiger partial charge in [-0.3, -0.25) is 4.79 Å². The number of carbonyl (C=O) groups excluding carboxylic acids is 1. The van der Waals surface area contributed by atoms with Crippen LogP contribution in [0.25, 0.3) is 0 Å². The van der Waals surface area contributed by atoms with Gasteiger partial charge in [-0.15, -0.1) is 0 Å². The zero-order valence-electron chi connectivity index (χ0n) is 15.0. The molecule has 4 nitrogen and oxygen atoms in total. The summed E-state index contributed by atoms with van der Waals surface area (Å²) < 4.78 is 0. The number of benzene rings is 2. The van der Waals surface area contributed by atoms with Crippen molar-refractivity contribution in [3.8, 4) is 0 Å². The van der Waals surface area contributed by atoms with E-state index in [0.717, 1.165) is 32.6 Å². The van der Waals surface area contributed by atoms with E-state index in [0.29, 0.717) is 13.1 Å². The third-order valence-corrected chi connectivity index (χ3v) is 4.98. The Balaban J connectivity index is 1.37. The Morgan fingerprint density at radius 2 is 1.72 bits per heavy atom. The molecule has 25 heavy (non-hydrogen) atoms. The van der Waals surface area contributed by atoms with Crippen LogP contribution in [-0.2, 0) is 11.2 Å². The molecule has 132 valence electrons. The third-order valence-electron chi connectivity index (χ3n) is 4.98. The maximum absolute atomic E-state index is 12.2. The summed E-state index contributed by atoms with van der Waals surface area (Å²) in [5, 5.41) is 3.08. The van der Waals surface area contributed by atoms with Crippen LogP contribution in [0.4, 0.5) is 5.69 Å². The van der Waals surface area contributed by atoms with Gasteiger partial charge in [-0.05, 0) is 36.6 Å². The van der Waals surface area contributed by atoms with E-state index in [1.54, 1.807) is 0 Å². The van der Waals surface area contributed by atoms with Crippen molar-refractivity contribution >= 4 is 11.6 Å². The average molecular weight is 338 g/mol. The van der Waals surface area contributed by atoms with E-state index in [1.165, 1.54) is 21.7 Å². The van der Waals surface area contributed by atoms with Crippen molar-refractivity contribution in [2.24, 2.45) is 0 Å². The van der Waals surface area contributed by atoms with Crippen LogP contribution in [0.2, 0.25) is 0 Å². The first-order valence-electron chi connectivity index (χ1n) is 9.17. The molecule has 0 bridgehead atoms. The van der Waals surface area contributed by atoms with E-state index in [9.17, 15) is 4.79 Å². The van der Waals surface area contributed by atoms with E-state index >= 15 is 0 Å². The maximum Gasteiger partial charge on any atom is 0.275 e. The van der Waals surface area contributed by atoms with Crippen LogP contribution < -0.4 is 15.1 Å². The van der Waals surface area contributed by atoms with E-state index in [4.69, 9.17) is 0 Å². The standard InChI is InChI=1S/C21H27N3O/c1-18-7-5-6-8-19(18)11-12-22-21(25)17-23-13-15-24(16-14-23)20-9-3-2-4-10-20/h2-10H,11-17H2,1H3,(H,22,25)/p+1. The maximum atomic E-state index is 12.2. The molecular formula is C21H28N3O+. The van der Waals surface area contributed by atoms with Gasteiger partial charge >= 0.3 is 0 Å². The SMILES string of the molecule is Cc1ccccc1CCNC(=O)C[NH+]1CCN(c2ccccc2)CC1. The quantitative estimate of drug-likeness (QED) is 0.826. The Hall–Kier alpha value is -2.33. The number of amides is 1. The van der Waals surface area contributed by atoms with Crippen LogP contribution in [0.15, 0.2) is 54.6 Å². The molecule has 0 radical (unpaired) electrons.